The molecule has 11 nitrogen and oxygen atoms in total. The Hall–Kier alpha value is -5.30. The molecule has 7 rings (SSSR count). The van der Waals surface area contributed by atoms with Gasteiger partial charge in [0.2, 0.25) is 0 Å². The second-order valence-corrected chi connectivity index (χ2v) is 13.0. The third-order valence-electron chi connectivity index (χ3n) is 9.79. The van der Waals surface area contributed by atoms with Gasteiger partial charge in [-0.3, -0.25) is 13.9 Å². The number of ketones is 1. The highest BCUT2D eigenvalue weighted by Crippen LogP contribution is 2.42. The average molecular weight is 684 g/mol. The summed E-state index contributed by atoms with van der Waals surface area (Å²) < 4.78 is 45.7. The van der Waals surface area contributed by atoms with Crippen LogP contribution in [0.5, 0.6) is 5.75 Å². The highest BCUT2D eigenvalue weighted by Gasteiger charge is 2.44. The van der Waals surface area contributed by atoms with Gasteiger partial charge in [-0.1, -0.05) is 6.07 Å². The van der Waals surface area contributed by atoms with Crippen LogP contribution in [0.3, 0.4) is 0 Å². The van der Waals surface area contributed by atoms with Crippen molar-refractivity contribution in [3.05, 3.63) is 119 Å². The topological polar surface area (TPSA) is 99.7 Å². The zero-order valence-electron chi connectivity index (χ0n) is 28.0. The van der Waals surface area contributed by atoms with Crippen molar-refractivity contribution in [1.29, 1.82) is 0 Å². The number of anilines is 2. The van der Waals surface area contributed by atoms with E-state index in [1.54, 1.807) is 34.9 Å². The Morgan fingerprint density at radius 2 is 1.62 bits per heavy atom. The van der Waals surface area contributed by atoms with Crippen LogP contribution in [0.25, 0.3) is 5.69 Å². The molecule has 2 fully saturated rings. The van der Waals surface area contributed by atoms with Gasteiger partial charge >= 0.3 is 5.69 Å². The Balaban J connectivity index is 0.925. The number of imidazole rings is 1. The van der Waals surface area contributed by atoms with Crippen molar-refractivity contribution in [2.75, 3.05) is 49.2 Å². The summed E-state index contributed by atoms with van der Waals surface area (Å²) >= 11 is 0. The molecule has 13 heteroatoms. The molecule has 3 aromatic carbocycles. The molecular weight excluding hydrogens is 644 g/mol. The fourth-order valence-corrected chi connectivity index (χ4v) is 6.88. The first kappa shape index (κ1) is 33.2. The number of carbonyl (C=O) groups excluding carboxylic acids is 1. The van der Waals surface area contributed by atoms with E-state index in [1.165, 1.54) is 30.0 Å². The maximum atomic E-state index is 15.0. The average Bonchev–Trinajstić information content (AvgIpc) is 3.88. The summed E-state index contributed by atoms with van der Waals surface area (Å²) in [6.07, 6.45) is 6.79. The quantitative estimate of drug-likeness (QED) is 0.192. The Morgan fingerprint density at radius 3 is 2.24 bits per heavy atom. The Kier molecular flexibility index (Phi) is 9.23. The van der Waals surface area contributed by atoms with Gasteiger partial charge in [0, 0.05) is 67.5 Å². The van der Waals surface area contributed by atoms with E-state index in [4.69, 9.17) is 9.47 Å². The number of halogens is 2. The van der Waals surface area contributed by atoms with Gasteiger partial charge in [0.05, 0.1) is 31.5 Å². The number of Topliss-reactive ketones (excluding diaryl/α,β-unsaturated/α-hetero) is 1. The number of hydrogen-bond acceptors (Lipinski definition) is 8. The van der Waals surface area contributed by atoms with Crippen molar-refractivity contribution in [2.45, 2.75) is 38.5 Å². The molecule has 4 heterocycles. The lowest BCUT2D eigenvalue weighted by Crippen LogP contribution is -2.46. The lowest BCUT2D eigenvalue weighted by Gasteiger charge is -2.37. The normalized spacial score (nSPS) is 19.9. The molecule has 2 aliphatic heterocycles. The minimum absolute atomic E-state index is 0.0118. The Morgan fingerprint density at radius 1 is 0.960 bits per heavy atom. The molecule has 0 saturated carbocycles. The van der Waals surface area contributed by atoms with Gasteiger partial charge in [-0.2, -0.15) is 5.10 Å². The van der Waals surface area contributed by atoms with E-state index in [9.17, 15) is 18.4 Å². The fraction of sp³-hybridized carbons (Fsp3) is 0.351. The van der Waals surface area contributed by atoms with Gasteiger partial charge < -0.3 is 19.3 Å². The van der Waals surface area contributed by atoms with Gasteiger partial charge in [-0.25, -0.2) is 23.2 Å². The molecule has 0 unspecified atom stereocenters. The maximum absolute atomic E-state index is 15.0. The van der Waals surface area contributed by atoms with Crippen LogP contribution < -0.4 is 20.2 Å². The van der Waals surface area contributed by atoms with Crippen LogP contribution in [-0.4, -0.2) is 69.1 Å². The van der Waals surface area contributed by atoms with E-state index in [0.717, 1.165) is 55.1 Å². The summed E-state index contributed by atoms with van der Waals surface area (Å²) in [4.78, 5) is 33.3. The van der Waals surface area contributed by atoms with Gasteiger partial charge in [-0.15, -0.1) is 0 Å². The smallest absolute Gasteiger partial charge is 0.333 e. The van der Waals surface area contributed by atoms with Crippen LogP contribution in [0.2, 0.25) is 0 Å². The molecule has 2 aromatic heterocycles. The summed E-state index contributed by atoms with van der Waals surface area (Å²) in [7, 11) is 0. The lowest BCUT2D eigenvalue weighted by atomic mass is 9.87. The number of nitrogens with zero attached hydrogens (tertiary/aromatic N) is 7. The van der Waals surface area contributed by atoms with Gasteiger partial charge in [-0.05, 0) is 74.9 Å². The summed E-state index contributed by atoms with van der Waals surface area (Å²) in [5.74, 6) is -0.628. The summed E-state index contributed by atoms with van der Waals surface area (Å²) in [5, 5.41) is 4.18. The molecule has 0 aliphatic carbocycles. The summed E-state index contributed by atoms with van der Waals surface area (Å²) in [6.45, 7) is 7.59. The zero-order valence-corrected chi connectivity index (χ0v) is 28.0. The summed E-state index contributed by atoms with van der Waals surface area (Å²) in [5.41, 5.74) is 1.99. The molecule has 0 spiro atoms. The van der Waals surface area contributed by atoms with Crippen molar-refractivity contribution in [1.82, 2.24) is 23.9 Å². The molecule has 2 aliphatic rings. The van der Waals surface area contributed by atoms with Crippen LogP contribution in [0.1, 0.15) is 31.9 Å². The molecule has 2 saturated heterocycles. The molecule has 260 valence electrons. The van der Waals surface area contributed by atoms with E-state index in [1.807, 2.05) is 36.4 Å². The lowest BCUT2D eigenvalue weighted by molar-refractivity contribution is -0.119. The first-order valence-corrected chi connectivity index (χ1v) is 16.7. The largest absolute Gasteiger partial charge is 0.493 e. The molecule has 3 atom stereocenters. The number of piperazine rings is 1. The second kappa shape index (κ2) is 13.9. The van der Waals surface area contributed by atoms with E-state index in [0.29, 0.717) is 25.2 Å². The molecule has 50 heavy (non-hydrogen) atoms. The van der Waals surface area contributed by atoms with E-state index in [-0.39, 0.29) is 23.9 Å². The molecule has 5 aromatic rings. The number of aromatic nitrogens is 5. The van der Waals surface area contributed by atoms with Crippen LogP contribution in [-0.2, 0) is 21.7 Å². The van der Waals surface area contributed by atoms with Crippen molar-refractivity contribution in [3.63, 3.8) is 0 Å². The van der Waals surface area contributed by atoms with Crippen molar-refractivity contribution in [2.24, 2.45) is 5.92 Å². The summed E-state index contributed by atoms with van der Waals surface area (Å²) in [6, 6.07) is 19.0. The predicted octanol–water partition coefficient (Wildman–Crippen LogP) is 5.00. The molecule has 0 radical (unpaired) electrons. The number of carbonyl (C=O) groups is 1. The van der Waals surface area contributed by atoms with Crippen molar-refractivity contribution >= 4 is 17.2 Å². The fourth-order valence-electron chi connectivity index (χ4n) is 6.88. The first-order valence-electron chi connectivity index (χ1n) is 16.7. The van der Waals surface area contributed by atoms with Gasteiger partial charge in [0.1, 0.15) is 35.6 Å². The SMILES string of the molecule is CC(=O)[C@H](C)n1ccn(-c2ccc(N3CCN(c4ccc(OC[C@@H]5CO[C@@](Cn6cncn6)(c6ccc(F)cc6F)C5)cc4)CC3)cc2)c1=O. The highest BCUT2D eigenvalue weighted by atomic mass is 19.1. The van der Waals surface area contributed by atoms with Crippen molar-refractivity contribution < 1.29 is 23.0 Å². The number of rotatable bonds is 11. The van der Waals surface area contributed by atoms with Gasteiger partial charge in [0.15, 0.2) is 5.78 Å². The Bertz CT molecular complexity index is 1990. The Labute approximate surface area is 288 Å². The maximum Gasteiger partial charge on any atom is 0.333 e. The molecule has 0 amide bonds. The van der Waals surface area contributed by atoms with Crippen molar-refractivity contribution in [3.8, 4) is 11.4 Å². The minimum atomic E-state index is -1.02. The monoisotopic (exact) mass is 683 g/mol. The standard InChI is InChI=1S/C37H39F2N7O4/c1-26(27(2)47)45-17-18-46(36(45)48)32-6-4-30(5-7-32)42-13-15-43(16-14-42)31-8-10-33(11-9-31)49-21-28-20-37(50-22-28,23-44-25-40-24-41-44)34-12-3-29(38)19-35(34)39/h3-12,17-19,24-26,28H,13-16,20-23H2,1-2H3/t26-,28+,37-/m0/s1. The van der Waals surface area contributed by atoms with E-state index >= 15 is 0 Å². The second-order valence-electron chi connectivity index (χ2n) is 13.0. The van der Waals surface area contributed by atoms with Crippen LogP contribution in [0, 0.1) is 17.6 Å². The highest BCUT2D eigenvalue weighted by molar-refractivity contribution is 5.79. The molecular formula is C37H39F2N7O4. The third kappa shape index (κ3) is 6.77. The predicted molar refractivity (Wildman–Crippen MR) is 184 cm³/mol. The van der Waals surface area contributed by atoms with E-state index < -0.39 is 23.3 Å². The molecule has 0 N–H and O–H groups in total. The molecule has 0 bridgehead atoms. The number of hydrogen-bond donors (Lipinski definition) is 0. The van der Waals surface area contributed by atoms with Crippen LogP contribution >= 0.6 is 0 Å². The minimum Gasteiger partial charge on any atom is -0.493 e. The van der Waals surface area contributed by atoms with Crippen LogP contribution in [0.4, 0.5) is 20.2 Å². The van der Waals surface area contributed by atoms with E-state index in [2.05, 4.69) is 32.0 Å². The van der Waals surface area contributed by atoms with Crippen LogP contribution in [0.15, 0.2) is 96.6 Å². The zero-order chi connectivity index (χ0) is 34.8. The number of benzene rings is 3. The third-order valence-corrected chi connectivity index (χ3v) is 9.79. The van der Waals surface area contributed by atoms with Gasteiger partial charge in [0.25, 0.3) is 0 Å². The number of ether oxygens (including phenoxy) is 2. The first-order chi connectivity index (χ1) is 24.2.